The third-order valence-electron chi connectivity index (χ3n) is 3.10. The molecule has 0 fully saturated rings. The van der Waals surface area contributed by atoms with E-state index in [2.05, 4.69) is 20.3 Å². The van der Waals surface area contributed by atoms with Crippen LogP contribution >= 0.6 is 0 Å². The monoisotopic (exact) mass is 314 g/mol. The van der Waals surface area contributed by atoms with Gasteiger partial charge in [-0.05, 0) is 6.92 Å². The zero-order valence-electron chi connectivity index (χ0n) is 12.6. The number of imidazole rings is 1. The highest BCUT2D eigenvalue weighted by Crippen LogP contribution is 2.07. The molecule has 1 N–H and O–H groups in total. The molecule has 0 unspecified atom stereocenters. The first-order valence-corrected chi connectivity index (χ1v) is 6.79. The van der Waals surface area contributed by atoms with Gasteiger partial charge >= 0.3 is 5.97 Å². The van der Waals surface area contributed by atoms with Crippen molar-refractivity contribution in [1.29, 1.82) is 0 Å². The first kappa shape index (κ1) is 14.7. The zero-order chi connectivity index (χ0) is 16.4. The molecule has 3 heterocycles. The fraction of sp³-hybridized carbons (Fsp3) is 0.214. The van der Waals surface area contributed by atoms with Crippen LogP contribution in [0.5, 0.6) is 0 Å². The third-order valence-corrected chi connectivity index (χ3v) is 3.10. The summed E-state index contributed by atoms with van der Waals surface area (Å²) >= 11 is 0. The highest BCUT2D eigenvalue weighted by Gasteiger charge is 2.14. The van der Waals surface area contributed by atoms with Gasteiger partial charge in [-0.1, -0.05) is 0 Å². The number of rotatable bonds is 4. The van der Waals surface area contributed by atoms with Crippen LogP contribution in [0.2, 0.25) is 0 Å². The number of aromatic amines is 1. The number of esters is 1. The lowest BCUT2D eigenvalue weighted by Crippen LogP contribution is -2.16. The van der Waals surface area contributed by atoms with Gasteiger partial charge in [0.25, 0.3) is 0 Å². The largest absolute Gasteiger partial charge is 0.454 e. The van der Waals surface area contributed by atoms with Gasteiger partial charge < -0.3 is 4.74 Å². The topological polar surface area (TPSA) is 108 Å². The van der Waals surface area contributed by atoms with E-state index >= 15 is 0 Å². The van der Waals surface area contributed by atoms with Gasteiger partial charge in [0.1, 0.15) is 18.6 Å². The van der Waals surface area contributed by atoms with Crippen LogP contribution in [-0.4, -0.2) is 35.5 Å². The fourth-order valence-corrected chi connectivity index (χ4v) is 1.93. The van der Waals surface area contributed by atoms with Crippen molar-refractivity contribution in [2.24, 2.45) is 7.05 Å². The minimum atomic E-state index is -0.638. The van der Waals surface area contributed by atoms with Gasteiger partial charge in [-0.2, -0.15) is 10.2 Å². The molecular formula is C14H14N6O3. The second-order valence-electron chi connectivity index (χ2n) is 4.95. The molecule has 0 aliphatic carbocycles. The van der Waals surface area contributed by atoms with Crippen LogP contribution in [0.4, 0.5) is 0 Å². The number of hydrogen-bond donors (Lipinski definition) is 1. The molecule has 0 bridgehead atoms. The molecule has 0 radical (unpaired) electrons. The summed E-state index contributed by atoms with van der Waals surface area (Å²) in [5.74, 6) is -0.00264. The van der Waals surface area contributed by atoms with Crippen molar-refractivity contribution < 1.29 is 9.53 Å². The van der Waals surface area contributed by atoms with Crippen LogP contribution in [0.3, 0.4) is 0 Å². The van der Waals surface area contributed by atoms with Crippen molar-refractivity contribution in [2.45, 2.75) is 13.5 Å². The number of nitrogens with zero attached hydrogens (tertiary/aromatic N) is 5. The summed E-state index contributed by atoms with van der Waals surface area (Å²) < 4.78 is 8.31. The van der Waals surface area contributed by atoms with Crippen LogP contribution in [0.25, 0.3) is 5.82 Å². The third kappa shape index (κ3) is 3.18. The van der Waals surface area contributed by atoms with Crippen molar-refractivity contribution in [3.8, 4) is 5.82 Å². The second kappa shape index (κ2) is 5.87. The molecule has 3 aromatic rings. The lowest BCUT2D eigenvalue weighted by molar-refractivity contribution is 0.0459. The molecule has 0 saturated carbocycles. The Balaban J connectivity index is 1.69. The Morgan fingerprint density at radius 3 is 2.96 bits per heavy atom. The highest BCUT2D eigenvalue weighted by molar-refractivity contribution is 5.87. The Morgan fingerprint density at radius 1 is 1.43 bits per heavy atom. The minimum Gasteiger partial charge on any atom is -0.454 e. The smallest absolute Gasteiger partial charge is 0.358 e. The Hall–Kier alpha value is -3.23. The summed E-state index contributed by atoms with van der Waals surface area (Å²) in [7, 11) is 1.79. The molecule has 118 valence electrons. The second-order valence-corrected chi connectivity index (χ2v) is 4.95. The fourth-order valence-electron chi connectivity index (χ4n) is 1.93. The number of carbonyl (C=O) groups is 1. The van der Waals surface area contributed by atoms with Gasteiger partial charge in [-0.15, -0.1) is 0 Å². The van der Waals surface area contributed by atoms with Crippen LogP contribution < -0.4 is 5.43 Å². The lowest BCUT2D eigenvalue weighted by atomic mass is 10.3. The Morgan fingerprint density at radius 2 is 2.26 bits per heavy atom. The van der Waals surface area contributed by atoms with Crippen molar-refractivity contribution in [3.05, 3.63) is 58.2 Å². The number of ether oxygens (including phenoxy) is 1. The van der Waals surface area contributed by atoms with Gasteiger partial charge in [0.05, 0.1) is 0 Å². The zero-order valence-corrected chi connectivity index (χ0v) is 12.6. The molecule has 0 saturated heterocycles. The normalized spacial score (nSPS) is 10.7. The highest BCUT2D eigenvalue weighted by atomic mass is 16.5. The Labute approximate surface area is 130 Å². The van der Waals surface area contributed by atoms with E-state index in [1.165, 1.54) is 18.6 Å². The summed E-state index contributed by atoms with van der Waals surface area (Å²) in [6.07, 6.45) is 4.76. The molecule has 9 nitrogen and oxygen atoms in total. The van der Waals surface area contributed by atoms with E-state index in [4.69, 9.17) is 4.74 Å². The lowest BCUT2D eigenvalue weighted by Gasteiger charge is -2.02. The van der Waals surface area contributed by atoms with Gasteiger partial charge in [-0.3, -0.25) is 19.1 Å². The first-order valence-electron chi connectivity index (χ1n) is 6.79. The number of aromatic nitrogens is 6. The molecule has 0 spiro atoms. The number of hydrogen-bond acceptors (Lipinski definition) is 6. The molecule has 3 rings (SSSR count). The van der Waals surface area contributed by atoms with Crippen molar-refractivity contribution in [1.82, 2.24) is 29.5 Å². The maximum atomic E-state index is 12.0. The Kier molecular flexibility index (Phi) is 3.75. The summed E-state index contributed by atoms with van der Waals surface area (Å²) in [6, 6.07) is 3.18. The van der Waals surface area contributed by atoms with Crippen LogP contribution in [0.15, 0.2) is 35.6 Å². The van der Waals surface area contributed by atoms with Gasteiger partial charge in [-0.25, -0.2) is 9.78 Å². The molecule has 0 amide bonds. The van der Waals surface area contributed by atoms with Crippen molar-refractivity contribution >= 4 is 5.97 Å². The van der Waals surface area contributed by atoms with E-state index in [1.54, 1.807) is 35.5 Å². The van der Waals surface area contributed by atoms with Gasteiger partial charge in [0.15, 0.2) is 11.5 Å². The standard InChI is InChI=1S/C14H14N6O3/c1-9-5-12(21)11(17-16-9)7-23-14(22)10-6-20(8-15-10)13-3-4-19(2)18-13/h3-6,8H,7H2,1-2H3,(H,16,21). The average Bonchev–Trinajstić information content (AvgIpc) is 3.14. The van der Waals surface area contributed by atoms with E-state index in [-0.39, 0.29) is 23.4 Å². The molecular weight excluding hydrogens is 300 g/mol. The SMILES string of the molecule is Cc1cc(=O)c(COC(=O)c2cn(-c3ccn(C)n3)cn2)n[nH]1. The maximum Gasteiger partial charge on any atom is 0.358 e. The van der Waals surface area contributed by atoms with E-state index in [9.17, 15) is 9.59 Å². The van der Waals surface area contributed by atoms with Crippen LogP contribution in [0, 0.1) is 6.92 Å². The van der Waals surface area contributed by atoms with E-state index in [0.717, 1.165) is 0 Å². The number of carbonyl (C=O) groups excluding carboxylic acids is 1. The number of aryl methyl sites for hydroxylation is 2. The van der Waals surface area contributed by atoms with Gasteiger partial charge in [0.2, 0.25) is 5.43 Å². The molecule has 23 heavy (non-hydrogen) atoms. The van der Waals surface area contributed by atoms with Crippen molar-refractivity contribution in [2.75, 3.05) is 0 Å². The summed E-state index contributed by atoms with van der Waals surface area (Å²) in [6.45, 7) is 1.50. The van der Waals surface area contributed by atoms with Crippen molar-refractivity contribution in [3.63, 3.8) is 0 Å². The average molecular weight is 314 g/mol. The molecule has 0 aliphatic rings. The quantitative estimate of drug-likeness (QED) is 0.696. The molecule has 3 aromatic heterocycles. The first-order chi connectivity index (χ1) is 11.0. The predicted molar refractivity (Wildman–Crippen MR) is 79.0 cm³/mol. The maximum absolute atomic E-state index is 12.0. The number of nitrogens with one attached hydrogen (secondary N) is 1. The summed E-state index contributed by atoms with van der Waals surface area (Å²) in [5, 5.41) is 10.7. The molecule has 0 aromatic carbocycles. The Bertz CT molecular complexity index is 907. The molecule has 0 aliphatic heterocycles. The van der Waals surface area contributed by atoms with Gasteiger partial charge in [0, 0.05) is 37.3 Å². The van der Waals surface area contributed by atoms with E-state index in [0.29, 0.717) is 11.5 Å². The summed E-state index contributed by atoms with van der Waals surface area (Å²) in [4.78, 5) is 27.6. The van der Waals surface area contributed by atoms with Crippen LogP contribution in [0.1, 0.15) is 21.9 Å². The predicted octanol–water partition coefficient (Wildman–Crippen LogP) is 0.355. The minimum absolute atomic E-state index is 0.124. The number of H-pyrrole nitrogens is 1. The molecule has 0 atom stereocenters. The van der Waals surface area contributed by atoms with E-state index in [1.807, 2.05) is 0 Å². The summed E-state index contributed by atoms with van der Waals surface area (Å²) in [5.41, 5.74) is 0.611. The molecule has 9 heteroatoms. The van der Waals surface area contributed by atoms with E-state index < -0.39 is 5.97 Å². The van der Waals surface area contributed by atoms with Crippen LogP contribution in [-0.2, 0) is 18.4 Å².